The molecular weight excluding hydrogens is 385 g/mol. The molecular formula is C15H11ClFN5O3S. The molecule has 0 atom stereocenters. The lowest BCUT2D eigenvalue weighted by atomic mass is 10.3. The van der Waals surface area contributed by atoms with Gasteiger partial charge in [0.25, 0.3) is 5.91 Å². The molecule has 0 aliphatic heterocycles. The molecule has 3 aromatic rings. The first-order valence-corrected chi connectivity index (χ1v) is 8.49. The lowest BCUT2D eigenvalue weighted by Gasteiger charge is -2.07. The highest BCUT2D eigenvalue weighted by molar-refractivity contribution is 7.13. The second-order valence-electron chi connectivity index (χ2n) is 4.95. The second kappa shape index (κ2) is 8.02. The summed E-state index contributed by atoms with van der Waals surface area (Å²) in [6, 6.07) is 7.38. The van der Waals surface area contributed by atoms with Gasteiger partial charge in [-0.05, 0) is 34.9 Å². The van der Waals surface area contributed by atoms with Gasteiger partial charge in [-0.15, -0.1) is 21.5 Å². The topological polar surface area (TPSA) is 99.0 Å². The van der Waals surface area contributed by atoms with E-state index in [0.29, 0.717) is 5.82 Å². The summed E-state index contributed by atoms with van der Waals surface area (Å²) in [7, 11) is 0. The minimum atomic E-state index is -0.734. The molecule has 1 amide bonds. The number of esters is 1. The number of ether oxygens (including phenoxy) is 1. The Hall–Kier alpha value is -2.85. The van der Waals surface area contributed by atoms with Crippen molar-refractivity contribution in [2.75, 3.05) is 11.9 Å². The van der Waals surface area contributed by atoms with Gasteiger partial charge in [0.1, 0.15) is 5.82 Å². The molecule has 2 heterocycles. The number of nitrogens with one attached hydrogen (secondary N) is 1. The summed E-state index contributed by atoms with van der Waals surface area (Å²) in [6.07, 6.45) is 0. The van der Waals surface area contributed by atoms with E-state index >= 15 is 0 Å². The molecule has 2 aromatic heterocycles. The summed E-state index contributed by atoms with van der Waals surface area (Å²) in [5.41, 5.74) is -0.0999. The van der Waals surface area contributed by atoms with Gasteiger partial charge in [-0.25, -0.2) is 9.18 Å². The van der Waals surface area contributed by atoms with Crippen LogP contribution in [0.25, 0.3) is 10.7 Å². The van der Waals surface area contributed by atoms with E-state index in [4.69, 9.17) is 16.3 Å². The lowest BCUT2D eigenvalue weighted by molar-refractivity contribution is -0.148. The molecule has 0 radical (unpaired) electrons. The summed E-state index contributed by atoms with van der Waals surface area (Å²) in [5.74, 6) is -1.70. The van der Waals surface area contributed by atoms with E-state index in [-0.39, 0.29) is 17.3 Å². The summed E-state index contributed by atoms with van der Waals surface area (Å²) in [4.78, 5) is 25.4. The van der Waals surface area contributed by atoms with Gasteiger partial charge >= 0.3 is 5.97 Å². The van der Waals surface area contributed by atoms with Gasteiger partial charge in [0.2, 0.25) is 5.82 Å². The molecule has 3 rings (SSSR count). The number of aromatic nitrogens is 4. The zero-order valence-corrected chi connectivity index (χ0v) is 14.6. The first-order chi connectivity index (χ1) is 12.5. The summed E-state index contributed by atoms with van der Waals surface area (Å²) < 4.78 is 18.3. The Kier molecular flexibility index (Phi) is 5.54. The highest BCUT2D eigenvalue weighted by Crippen LogP contribution is 2.20. The zero-order valence-electron chi connectivity index (χ0n) is 13.1. The Bertz CT molecular complexity index is 931. The SMILES string of the molecule is O=C(COC(=O)Cn1nnc(-c2cccs2)n1)Nc1cc(Cl)ccc1F. The Morgan fingerprint density at radius 3 is 2.96 bits per heavy atom. The van der Waals surface area contributed by atoms with E-state index in [1.54, 1.807) is 0 Å². The van der Waals surface area contributed by atoms with Gasteiger partial charge in [0.05, 0.1) is 10.6 Å². The highest BCUT2D eigenvalue weighted by atomic mass is 35.5. The van der Waals surface area contributed by atoms with Crippen molar-refractivity contribution >= 4 is 40.5 Å². The zero-order chi connectivity index (χ0) is 18.5. The van der Waals surface area contributed by atoms with E-state index in [0.717, 1.165) is 15.7 Å². The molecule has 0 aliphatic carbocycles. The van der Waals surface area contributed by atoms with E-state index in [2.05, 4.69) is 20.7 Å². The number of amides is 1. The van der Waals surface area contributed by atoms with Crippen molar-refractivity contribution in [3.63, 3.8) is 0 Å². The molecule has 134 valence electrons. The molecule has 0 spiro atoms. The predicted octanol–water partition coefficient (Wildman–Crippen LogP) is 2.38. The largest absolute Gasteiger partial charge is 0.454 e. The number of nitrogens with zero attached hydrogens (tertiary/aromatic N) is 4. The van der Waals surface area contributed by atoms with Gasteiger partial charge in [-0.2, -0.15) is 4.80 Å². The number of thiophene rings is 1. The molecule has 8 nitrogen and oxygen atoms in total. The third kappa shape index (κ3) is 4.61. The molecule has 0 unspecified atom stereocenters. The number of hydrogen-bond acceptors (Lipinski definition) is 7. The smallest absolute Gasteiger partial charge is 0.330 e. The lowest BCUT2D eigenvalue weighted by Crippen LogP contribution is -2.24. The third-order valence-electron chi connectivity index (χ3n) is 3.03. The van der Waals surface area contributed by atoms with Crippen molar-refractivity contribution in [2.24, 2.45) is 0 Å². The molecule has 0 saturated heterocycles. The van der Waals surface area contributed by atoms with E-state index in [1.165, 1.54) is 23.5 Å². The summed E-state index contributed by atoms with van der Waals surface area (Å²) in [6.45, 7) is -0.894. The van der Waals surface area contributed by atoms with E-state index < -0.39 is 24.3 Å². The van der Waals surface area contributed by atoms with Crippen LogP contribution >= 0.6 is 22.9 Å². The maximum absolute atomic E-state index is 13.5. The minimum Gasteiger partial charge on any atom is -0.454 e. The fraction of sp³-hybridized carbons (Fsp3) is 0.133. The minimum absolute atomic E-state index is 0.0999. The maximum atomic E-state index is 13.5. The first-order valence-electron chi connectivity index (χ1n) is 7.23. The fourth-order valence-electron chi connectivity index (χ4n) is 1.90. The van der Waals surface area contributed by atoms with Crippen molar-refractivity contribution < 1.29 is 18.7 Å². The number of halogens is 2. The van der Waals surface area contributed by atoms with Crippen molar-refractivity contribution in [1.29, 1.82) is 0 Å². The van der Waals surface area contributed by atoms with Crippen LogP contribution < -0.4 is 5.32 Å². The second-order valence-corrected chi connectivity index (χ2v) is 6.34. The Morgan fingerprint density at radius 2 is 2.19 bits per heavy atom. The molecule has 0 fully saturated rings. The van der Waals surface area contributed by atoms with Gasteiger partial charge in [0.15, 0.2) is 13.2 Å². The van der Waals surface area contributed by atoms with Crippen molar-refractivity contribution in [3.05, 3.63) is 46.6 Å². The summed E-state index contributed by atoms with van der Waals surface area (Å²) in [5, 5.41) is 16.0. The summed E-state index contributed by atoms with van der Waals surface area (Å²) >= 11 is 7.17. The number of tetrazole rings is 1. The number of hydrogen-bond donors (Lipinski definition) is 1. The third-order valence-corrected chi connectivity index (χ3v) is 4.13. The van der Waals surface area contributed by atoms with Crippen molar-refractivity contribution in [2.45, 2.75) is 6.54 Å². The van der Waals surface area contributed by atoms with Crippen LogP contribution in [0, 0.1) is 5.82 Å². The molecule has 0 aliphatic rings. The van der Waals surface area contributed by atoms with E-state index in [1.807, 2.05) is 17.5 Å². The van der Waals surface area contributed by atoms with Gasteiger partial charge < -0.3 is 10.1 Å². The van der Waals surface area contributed by atoms with Gasteiger partial charge in [-0.1, -0.05) is 17.7 Å². The molecule has 0 saturated carbocycles. The Balaban J connectivity index is 1.49. The van der Waals surface area contributed by atoms with E-state index in [9.17, 15) is 14.0 Å². The van der Waals surface area contributed by atoms with Crippen LogP contribution in [-0.4, -0.2) is 38.7 Å². The number of rotatable bonds is 6. The quantitative estimate of drug-likeness (QED) is 0.643. The van der Waals surface area contributed by atoms with Crippen LogP contribution in [0.5, 0.6) is 0 Å². The standard InChI is InChI=1S/C15H11ClFN5O3S/c16-9-3-4-10(17)11(6-9)18-13(23)8-25-14(24)7-22-20-15(19-21-22)12-2-1-5-26-12/h1-6H,7-8H2,(H,18,23). The van der Waals surface area contributed by atoms with Gasteiger partial charge in [-0.3, -0.25) is 4.79 Å². The maximum Gasteiger partial charge on any atom is 0.330 e. The van der Waals surface area contributed by atoms with Crippen LogP contribution in [0.15, 0.2) is 35.7 Å². The molecule has 26 heavy (non-hydrogen) atoms. The average molecular weight is 396 g/mol. The Morgan fingerprint density at radius 1 is 1.35 bits per heavy atom. The molecule has 1 aromatic carbocycles. The van der Waals surface area contributed by atoms with Gasteiger partial charge in [0, 0.05) is 5.02 Å². The monoisotopic (exact) mass is 395 g/mol. The van der Waals surface area contributed by atoms with Crippen LogP contribution in [0.4, 0.5) is 10.1 Å². The van der Waals surface area contributed by atoms with Crippen LogP contribution in [-0.2, 0) is 20.9 Å². The average Bonchev–Trinajstić information content (AvgIpc) is 3.28. The number of anilines is 1. The van der Waals surface area contributed by atoms with Crippen molar-refractivity contribution in [3.8, 4) is 10.7 Å². The fourth-order valence-corrected chi connectivity index (χ4v) is 2.72. The number of benzene rings is 1. The predicted molar refractivity (Wildman–Crippen MR) is 92.1 cm³/mol. The number of carbonyl (C=O) groups is 2. The van der Waals surface area contributed by atoms with Crippen LogP contribution in [0.1, 0.15) is 0 Å². The first kappa shape index (κ1) is 18.0. The van der Waals surface area contributed by atoms with Crippen LogP contribution in [0.3, 0.4) is 0 Å². The highest BCUT2D eigenvalue weighted by Gasteiger charge is 2.13. The van der Waals surface area contributed by atoms with Crippen molar-refractivity contribution in [1.82, 2.24) is 20.2 Å². The molecule has 11 heteroatoms. The molecule has 0 bridgehead atoms. The van der Waals surface area contributed by atoms with Crippen LogP contribution in [0.2, 0.25) is 5.02 Å². The normalized spacial score (nSPS) is 10.5. The molecule has 1 N–H and O–H groups in total. The Labute approximate surface area is 155 Å². The number of carbonyl (C=O) groups excluding carboxylic acids is 2.